The van der Waals surface area contributed by atoms with Gasteiger partial charge in [-0.3, -0.25) is 4.79 Å². The zero-order chi connectivity index (χ0) is 14.0. The largest absolute Gasteiger partial charge is 0.294 e. The Morgan fingerprint density at radius 1 is 1.26 bits per heavy atom. The molecule has 19 heavy (non-hydrogen) atoms. The van der Waals surface area contributed by atoms with Crippen LogP contribution in [0.3, 0.4) is 0 Å². The number of carbonyl (C=O) groups is 1. The second-order valence-electron chi connectivity index (χ2n) is 4.29. The zero-order valence-corrected chi connectivity index (χ0v) is 12.6. The molecular weight excluding hydrogens is 331 g/mol. The zero-order valence-electron chi connectivity index (χ0n) is 10.2. The first-order valence-corrected chi connectivity index (χ1v) is 6.88. The molecule has 0 fully saturated rings. The number of halogens is 3. The van der Waals surface area contributed by atoms with Gasteiger partial charge in [-0.15, -0.1) is 0 Å². The van der Waals surface area contributed by atoms with E-state index < -0.39 is 5.82 Å². The van der Waals surface area contributed by atoms with Gasteiger partial charge in [0.25, 0.3) is 0 Å². The number of hydrogen-bond donors (Lipinski definition) is 0. The summed E-state index contributed by atoms with van der Waals surface area (Å²) in [4.78, 5) is 12.2. The Balaban J connectivity index is 2.28. The predicted octanol–water partition coefficient (Wildman–Crippen LogP) is 4.98. The predicted molar refractivity (Wildman–Crippen MR) is 78.3 cm³/mol. The molecule has 0 spiro atoms. The van der Waals surface area contributed by atoms with Crippen LogP contribution in [0.5, 0.6) is 0 Å². The van der Waals surface area contributed by atoms with Crippen molar-refractivity contribution >= 4 is 33.3 Å². The van der Waals surface area contributed by atoms with Crippen molar-refractivity contribution in [2.45, 2.75) is 13.3 Å². The van der Waals surface area contributed by atoms with E-state index in [9.17, 15) is 9.18 Å². The van der Waals surface area contributed by atoms with Crippen LogP contribution in [-0.4, -0.2) is 5.78 Å². The quantitative estimate of drug-likeness (QED) is 0.720. The molecule has 0 bridgehead atoms. The molecule has 2 aromatic carbocycles. The van der Waals surface area contributed by atoms with Gasteiger partial charge in [0.2, 0.25) is 0 Å². The lowest BCUT2D eigenvalue weighted by molar-refractivity contribution is 0.0991. The van der Waals surface area contributed by atoms with E-state index in [1.54, 1.807) is 18.2 Å². The molecule has 0 saturated heterocycles. The van der Waals surface area contributed by atoms with Gasteiger partial charge in [0.1, 0.15) is 5.82 Å². The molecular formula is C15H11BrClFO. The monoisotopic (exact) mass is 340 g/mol. The van der Waals surface area contributed by atoms with Gasteiger partial charge in [-0.2, -0.15) is 0 Å². The van der Waals surface area contributed by atoms with Gasteiger partial charge < -0.3 is 0 Å². The fourth-order valence-electron chi connectivity index (χ4n) is 1.83. The van der Waals surface area contributed by atoms with E-state index in [-0.39, 0.29) is 12.2 Å². The van der Waals surface area contributed by atoms with E-state index >= 15 is 0 Å². The Morgan fingerprint density at radius 3 is 2.68 bits per heavy atom. The second kappa shape index (κ2) is 5.85. The van der Waals surface area contributed by atoms with Crippen molar-refractivity contribution in [2.75, 3.05) is 0 Å². The number of carbonyl (C=O) groups excluding carboxylic acids is 1. The number of ketones is 1. The van der Waals surface area contributed by atoms with Gasteiger partial charge in [0, 0.05) is 21.5 Å². The standard InChI is InChI=1S/C15H11BrClFO/c1-9-2-4-11(16)7-13(9)15(19)6-10-3-5-12(17)8-14(10)18/h2-5,7-8H,6H2,1H3. The van der Waals surface area contributed by atoms with Crippen LogP contribution in [0.4, 0.5) is 4.39 Å². The minimum atomic E-state index is -0.450. The van der Waals surface area contributed by atoms with E-state index in [0.717, 1.165) is 10.0 Å². The van der Waals surface area contributed by atoms with Crippen LogP contribution in [0.15, 0.2) is 40.9 Å². The summed E-state index contributed by atoms with van der Waals surface area (Å²) in [6, 6.07) is 9.83. The number of rotatable bonds is 3. The molecule has 0 amide bonds. The molecule has 0 aliphatic heterocycles. The third kappa shape index (κ3) is 3.43. The van der Waals surface area contributed by atoms with Gasteiger partial charge >= 0.3 is 0 Å². The van der Waals surface area contributed by atoms with Crippen molar-refractivity contribution in [3.05, 3.63) is 68.4 Å². The van der Waals surface area contributed by atoms with E-state index in [1.807, 2.05) is 19.1 Å². The molecule has 1 nitrogen and oxygen atoms in total. The fourth-order valence-corrected chi connectivity index (χ4v) is 2.35. The lowest BCUT2D eigenvalue weighted by Gasteiger charge is -2.07. The van der Waals surface area contributed by atoms with Gasteiger partial charge in [0.15, 0.2) is 5.78 Å². The molecule has 0 aliphatic rings. The van der Waals surface area contributed by atoms with Crippen molar-refractivity contribution < 1.29 is 9.18 Å². The Hall–Kier alpha value is -1.19. The van der Waals surface area contributed by atoms with Gasteiger partial charge in [-0.25, -0.2) is 4.39 Å². The van der Waals surface area contributed by atoms with Crippen molar-refractivity contribution in [3.63, 3.8) is 0 Å². The second-order valence-corrected chi connectivity index (χ2v) is 5.65. The van der Waals surface area contributed by atoms with E-state index in [1.165, 1.54) is 6.07 Å². The van der Waals surface area contributed by atoms with Crippen molar-refractivity contribution in [3.8, 4) is 0 Å². The van der Waals surface area contributed by atoms with Crippen LogP contribution in [0.25, 0.3) is 0 Å². The molecule has 98 valence electrons. The molecule has 2 aromatic rings. The Morgan fingerprint density at radius 2 is 2.00 bits per heavy atom. The maximum atomic E-state index is 13.7. The van der Waals surface area contributed by atoms with Crippen LogP contribution in [0.1, 0.15) is 21.5 Å². The average Bonchev–Trinajstić information content (AvgIpc) is 2.35. The number of aryl methyl sites for hydroxylation is 1. The maximum Gasteiger partial charge on any atom is 0.167 e. The van der Waals surface area contributed by atoms with E-state index in [4.69, 9.17) is 11.6 Å². The summed E-state index contributed by atoms with van der Waals surface area (Å²) in [5.41, 5.74) is 1.83. The summed E-state index contributed by atoms with van der Waals surface area (Å²) in [6.45, 7) is 1.86. The molecule has 0 saturated carbocycles. The molecule has 0 N–H and O–H groups in total. The Kier molecular flexibility index (Phi) is 4.38. The van der Waals surface area contributed by atoms with E-state index in [0.29, 0.717) is 16.1 Å². The van der Waals surface area contributed by atoms with Crippen LogP contribution < -0.4 is 0 Å². The first-order valence-electron chi connectivity index (χ1n) is 5.70. The lowest BCUT2D eigenvalue weighted by atomic mass is 9.99. The molecule has 0 unspecified atom stereocenters. The third-order valence-electron chi connectivity index (χ3n) is 2.87. The SMILES string of the molecule is Cc1ccc(Br)cc1C(=O)Cc1ccc(Cl)cc1F. The number of benzene rings is 2. The summed E-state index contributed by atoms with van der Waals surface area (Å²) in [7, 11) is 0. The van der Waals surface area contributed by atoms with Crippen molar-refractivity contribution in [1.82, 2.24) is 0 Å². The highest BCUT2D eigenvalue weighted by Gasteiger charge is 2.13. The maximum absolute atomic E-state index is 13.7. The highest BCUT2D eigenvalue weighted by molar-refractivity contribution is 9.10. The summed E-state index contributed by atoms with van der Waals surface area (Å²) in [5.74, 6) is -0.562. The highest BCUT2D eigenvalue weighted by Crippen LogP contribution is 2.20. The van der Waals surface area contributed by atoms with Gasteiger partial charge in [-0.05, 0) is 42.3 Å². The van der Waals surface area contributed by atoms with Gasteiger partial charge in [0.05, 0.1) is 0 Å². The first-order chi connectivity index (χ1) is 8.97. The minimum absolute atomic E-state index is 0.0281. The van der Waals surface area contributed by atoms with Crippen molar-refractivity contribution in [2.24, 2.45) is 0 Å². The van der Waals surface area contributed by atoms with Crippen LogP contribution in [0, 0.1) is 12.7 Å². The molecule has 0 aromatic heterocycles. The molecule has 0 radical (unpaired) electrons. The van der Waals surface area contributed by atoms with Crippen molar-refractivity contribution in [1.29, 1.82) is 0 Å². The first kappa shape index (κ1) is 14.2. The van der Waals surface area contributed by atoms with Gasteiger partial charge in [-0.1, -0.05) is 39.7 Å². The topological polar surface area (TPSA) is 17.1 Å². The fraction of sp³-hybridized carbons (Fsp3) is 0.133. The smallest absolute Gasteiger partial charge is 0.167 e. The Bertz CT molecular complexity index is 640. The van der Waals surface area contributed by atoms with Crippen LogP contribution in [-0.2, 0) is 6.42 Å². The molecule has 4 heteroatoms. The summed E-state index contributed by atoms with van der Waals surface area (Å²) >= 11 is 9.02. The third-order valence-corrected chi connectivity index (χ3v) is 3.59. The van der Waals surface area contributed by atoms with Crippen LogP contribution >= 0.6 is 27.5 Å². The summed E-state index contributed by atoms with van der Waals surface area (Å²) < 4.78 is 14.5. The number of hydrogen-bond acceptors (Lipinski definition) is 1. The summed E-state index contributed by atoms with van der Waals surface area (Å²) in [6.07, 6.45) is 0.0281. The highest BCUT2D eigenvalue weighted by atomic mass is 79.9. The summed E-state index contributed by atoms with van der Waals surface area (Å²) in [5, 5.41) is 0.326. The molecule has 2 rings (SSSR count). The number of Topliss-reactive ketones (excluding diaryl/α,β-unsaturated/α-hetero) is 1. The lowest BCUT2D eigenvalue weighted by Crippen LogP contribution is -2.07. The normalized spacial score (nSPS) is 10.5. The molecule has 0 atom stereocenters. The average molecular weight is 342 g/mol. The Labute approximate surface area is 124 Å². The van der Waals surface area contributed by atoms with E-state index in [2.05, 4.69) is 15.9 Å². The molecule has 0 aliphatic carbocycles. The minimum Gasteiger partial charge on any atom is -0.294 e. The van der Waals surface area contributed by atoms with Crippen LogP contribution in [0.2, 0.25) is 5.02 Å². The molecule has 0 heterocycles.